The lowest BCUT2D eigenvalue weighted by atomic mass is 10.0. The van der Waals surface area contributed by atoms with Gasteiger partial charge in [0.2, 0.25) is 11.8 Å². The van der Waals surface area contributed by atoms with Crippen molar-refractivity contribution in [3.63, 3.8) is 0 Å². The number of carbonyl (C=O) groups excluding carboxylic acids is 2. The molecule has 39 heavy (non-hydrogen) atoms. The zero-order valence-corrected chi connectivity index (χ0v) is 22.7. The fourth-order valence-corrected chi connectivity index (χ4v) is 4.31. The molecule has 0 fully saturated rings. The van der Waals surface area contributed by atoms with Crippen LogP contribution in [0.4, 0.5) is 14.6 Å². The number of nitrogens with zero attached hydrogens (tertiary/aromatic N) is 3. The molecule has 1 unspecified atom stereocenters. The number of hydrogen-bond donors (Lipinski definition) is 2. The van der Waals surface area contributed by atoms with Crippen LogP contribution in [0.2, 0.25) is 0 Å². The molecule has 206 valence electrons. The first kappa shape index (κ1) is 29.6. The lowest BCUT2D eigenvalue weighted by molar-refractivity contribution is -0.135. The standard InChI is InChI=1S/C24H31N5O2.C6H4F2/c1-5-27-24(2,3)23(31)29(4)12-8-9-17-13-18-14-19(15-20(18)26-16-17)22(30)28-21-10-6-7-11-25-21;7-5-2-1-3-6(8)4-5/h6-11,13,16,19,27H,5,12,14-15H2,1-4H3,(H,25,28,30);1-4H/b9-8+;. The van der Waals surface area contributed by atoms with E-state index in [0.717, 1.165) is 29.4 Å². The molecule has 2 heterocycles. The third-order valence-electron chi connectivity index (χ3n) is 6.25. The number of hydrogen-bond acceptors (Lipinski definition) is 5. The van der Waals surface area contributed by atoms with Crippen LogP contribution in [0.3, 0.4) is 0 Å². The van der Waals surface area contributed by atoms with Crippen molar-refractivity contribution in [1.82, 2.24) is 20.2 Å². The fraction of sp³-hybridized carbons (Fsp3) is 0.333. The zero-order chi connectivity index (χ0) is 28.4. The minimum Gasteiger partial charge on any atom is -0.340 e. The van der Waals surface area contributed by atoms with Gasteiger partial charge in [-0.15, -0.1) is 0 Å². The molecular formula is C30H35F2N5O2. The molecule has 3 aromatic rings. The normalized spacial score (nSPS) is 14.4. The Balaban J connectivity index is 0.000000449. The average Bonchev–Trinajstić information content (AvgIpc) is 3.33. The van der Waals surface area contributed by atoms with E-state index in [0.29, 0.717) is 25.2 Å². The third-order valence-corrected chi connectivity index (χ3v) is 6.25. The first-order valence-electron chi connectivity index (χ1n) is 12.9. The quantitative estimate of drug-likeness (QED) is 0.438. The number of halogens is 2. The van der Waals surface area contributed by atoms with Crippen LogP contribution in [0.5, 0.6) is 0 Å². The van der Waals surface area contributed by atoms with Crippen molar-refractivity contribution < 1.29 is 18.4 Å². The summed E-state index contributed by atoms with van der Waals surface area (Å²) in [5.74, 6) is -0.628. The highest BCUT2D eigenvalue weighted by molar-refractivity contribution is 5.92. The number of benzene rings is 1. The van der Waals surface area contributed by atoms with Crippen LogP contribution in [0.25, 0.3) is 6.08 Å². The number of nitrogens with one attached hydrogen (secondary N) is 2. The Morgan fingerprint density at radius 3 is 2.44 bits per heavy atom. The van der Waals surface area contributed by atoms with Gasteiger partial charge in [0.15, 0.2) is 0 Å². The predicted molar refractivity (Wildman–Crippen MR) is 149 cm³/mol. The Kier molecular flexibility index (Phi) is 10.4. The molecule has 2 aromatic heterocycles. The first-order chi connectivity index (χ1) is 18.6. The summed E-state index contributed by atoms with van der Waals surface area (Å²) in [4.78, 5) is 35.5. The monoisotopic (exact) mass is 535 g/mol. The van der Waals surface area contributed by atoms with Crippen molar-refractivity contribution in [3.05, 3.63) is 95.5 Å². The second-order valence-electron chi connectivity index (χ2n) is 9.87. The SMILES string of the molecule is CCNC(C)(C)C(=O)N(C)C/C=C/c1cnc2c(c1)CC(C(=O)Nc1ccccn1)C2.Fc1cccc(F)c1. The molecule has 1 aliphatic carbocycles. The fourth-order valence-electron chi connectivity index (χ4n) is 4.31. The summed E-state index contributed by atoms with van der Waals surface area (Å²) >= 11 is 0. The topological polar surface area (TPSA) is 87.2 Å². The van der Waals surface area contributed by atoms with E-state index in [4.69, 9.17) is 0 Å². The largest absolute Gasteiger partial charge is 0.340 e. The highest BCUT2D eigenvalue weighted by Crippen LogP contribution is 2.27. The number of pyridine rings is 2. The highest BCUT2D eigenvalue weighted by Gasteiger charge is 2.29. The van der Waals surface area contributed by atoms with Crippen LogP contribution >= 0.6 is 0 Å². The van der Waals surface area contributed by atoms with E-state index in [2.05, 4.69) is 26.7 Å². The van der Waals surface area contributed by atoms with Gasteiger partial charge >= 0.3 is 0 Å². The molecule has 0 spiro atoms. The van der Waals surface area contributed by atoms with E-state index in [9.17, 15) is 18.4 Å². The molecule has 4 rings (SSSR count). The summed E-state index contributed by atoms with van der Waals surface area (Å²) in [6.45, 7) is 7.03. The van der Waals surface area contributed by atoms with E-state index >= 15 is 0 Å². The molecule has 0 bridgehead atoms. The van der Waals surface area contributed by atoms with Crippen molar-refractivity contribution in [2.75, 3.05) is 25.5 Å². The Labute approximate surface area is 228 Å². The maximum absolute atomic E-state index is 12.6. The average molecular weight is 536 g/mol. The zero-order valence-electron chi connectivity index (χ0n) is 22.7. The summed E-state index contributed by atoms with van der Waals surface area (Å²) in [7, 11) is 1.80. The lowest BCUT2D eigenvalue weighted by Crippen LogP contribution is -2.53. The number of rotatable bonds is 8. The van der Waals surface area contributed by atoms with Gasteiger partial charge in [0, 0.05) is 50.1 Å². The molecule has 0 aliphatic heterocycles. The van der Waals surface area contributed by atoms with E-state index in [1.54, 1.807) is 24.2 Å². The van der Waals surface area contributed by atoms with Gasteiger partial charge in [-0.2, -0.15) is 0 Å². The van der Waals surface area contributed by atoms with Crippen molar-refractivity contribution in [3.8, 4) is 0 Å². The minimum atomic E-state index is -0.586. The first-order valence-corrected chi connectivity index (χ1v) is 12.9. The van der Waals surface area contributed by atoms with E-state index in [1.165, 1.54) is 18.2 Å². The molecule has 1 aromatic carbocycles. The second-order valence-corrected chi connectivity index (χ2v) is 9.87. The van der Waals surface area contributed by atoms with Crippen LogP contribution in [-0.2, 0) is 22.4 Å². The predicted octanol–water partition coefficient (Wildman–Crippen LogP) is 4.65. The highest BCUT2D eigenvalue weighted by atomic mass is 19.1. The van der Waals surface area contributed by atoms with Gasteiger partial charge in [-0.05, 0) is 68.3 Å². The Morgan fingerprint density at radius 2 is 1.82 bits per heavy atom. The number of amides is 2. The van der Waals surface area contributed by atoms with E-state index in [1.807, 2.05) is 51.3 Å². The van der Waals surface area contributed by atoms with Crippen molar-refractivity contribution in [1.29, 1.82) is 0 Å². The van der Waals surface area contributed by atoms with Crippen LogP contribution < -0.4 is 10.6 Å². The molecule has 9 heteroatoms. The Bertz CT molecular complexity index is 1280. The van der Waals surface area contributed by atoms with Gasteiger partial charge in [0.1, 0.15) is 17.5 Å². The lowest BCUT2D eigenvalue weighted by Gasteiger charge is -2.29. The van der Waals surface area contributed by atoms with Crippen LogP contribution in [0.1, 0.15) is 37.6 Å². The van der Waals surface area contributed by atoms with Crippen molar-refractivity contribution in [2.45, 2.75) is 39.2 Å². The molecular weight excluding hydrogens is 500 g/mol. The smallest absolute Gasteiger partial charge is 0.242 e. The van der Waals surface area contributed by atoms with Crippen LogP contribution in [0, 0.1) is 17.6 Å². The van der Waals surface area contributed by atoms with Crippen LogP contribution in [-0.4, -0.2) is 52.4 Å². The van der Waals surface area contributed by atoms with Gasteiger partial charge in [0.25, 0.3) is 0 Å². The summed E-state index contributed by atoms with van der Waals surface area (Å²) in [5, 5.41) is 6.08. The number of carbonyl (C=O) groups is 2. The van der Waals surface area contributed by atoms with E-state index in [-0.39, 0.29) is 17.7 Å². The summed E-state index contributed by atoms with van der Waals surface area (Å²) in [5.41, 5.74) is 2.45. The summed E-state index contributed by atoms with van der Waals surface area (Å²) < 4.78 is 23.9. The molecule has 2 amide bonds. The minimum absolute atomic E-state index is 0.0303. The number of anilines is 1. The molecule has 0 radical (unpaired) electrons. The molecule has 2 N–H and O–H groups in total. The van der Waals surface area contributed by atoms with Crippen molar-refractivity contribution >= 4 is 23.7 Å². The third kappa shape index (κ3) is 8.78. The van der Waals surface area contributed by atoms with Crippen molar-refractivity contribution in [2.24, 2.45) is 5.92 Å². The number of fused-ring (bicyclic) bond motifs is 1. The summed E-state index contributed by atoms with van der Waals surface area (Å²) in [6.07, 6.45) is 8.71. The molecule has 0 saturated heterocycles. The van der Waals surface area contributed by atoms with Gasteiger partial charge < -0.3 is 15.5 Å². The van der Waals surface area contributed by atoms with Gasteiger partial charge in [-0.25, -0.2) is 13.8 Å². The molecule has 1 atom stereocenters. The van der Waals surface area contributed by atoms with Gasteiger partial charge in [-0.1, -0.05) is 31.2 Å². The van der Waals surface area contributed by atoms with Gasteiger partial charge in [-0.3, -0.25) is 14.6 Å². The van der Waals surface area contributed by atoms with Gasteiger partial charge in [0.05, 0.1) is 5.54 Å². The van der Waals surface area contributed by atoms with E-state index < -0.39 is 17.2 Å². The number of aromatic nitrogens is 2. The maximum Gasteiger partial charge on any atom is 0.242 e. The maximum atomic E-state index is 12.6. The molecule has 1 aliphatic rings. The summed E-state index contributed by atoms with van der Waals surface area (Å²) in [6, 6.07) is 12.1. The second kappa shape index (κ2) is 13.7. The van der Waals surface area contributed by atoms with Crippen LogP contribution in [0.15, 0.2) is 67.0 Å². The molecule has 7 nitrogen and oxygen atoms in total. The number of likely N-dealkylation sites (N-methyl/N-ethyl adjacent to an activating group) is 2. The Morgan fingerprint density at radius 1 is 1.08 bits per heavy atom. The Hall–Kier alpha value is -3.98. The molecule has 0 saturated carbocycles.